The Kier molecular flexibility index (Phi) is 4.62. The van der Waals surface area contributed by atoms with Crippen LogP contribution in [0.2, 0.25) is 5.02 Å². The van der Waals surface area contributed by atoms with Crippen molar-refractivity contribution in [3.8, 4) is 17.1 Å². The standard InChI is InChI=1S/C19H11ClFN3O4/c20-12-5-3-6-13(21)16(12)18-23-15(28-24-18)9-22-8-11-17(25)10-4-1-2-7-14(10)27-19(11)26/h1-8,25H,9H2. The maximum absolute atomic E-state index is 13.9. The summed E-state index contributed by atoms with van der Waals surface area (Å²) in [4.78, 5) is 20.1. The molecule has 0 amide bonds. The highest BCUT2D eigenvalue weighted by atomic mass is 35.5. The molecule has 7 nitrogen and oxygen atoms in total. The third-order valence-corrected chi connectivity index (χ3v) is 4.24. The zero-order valence-corrected chi connectivity index (χ0v) is 14.9. The Balaban J connectivity index is 1.59. The predicted molar refractivity (Wildman–Crippen MR) is 100 cm³/mol. The monoisotopic (exact) mass is 399 g/mol. The predicted octanol–water partition coefficient (Wildman–Crippen LogP) is 3.96. The first kappa shape index (κ1) is 17.9. The molecular formula is C19H11ClFN3O4. The van der Waals surface area contributed by atoms with E-state index >= 15 is 0 Å². The first-order valence-corrected chi connectivity index (χ1v) is 8.44. The Hall–Kier alpha value is -3.52. The molecule has 2 heterocycles. The van der Waals surface area contributed by atoms with E-state index in [2.05, 4.69) is 15.1 Å². The zero-order chi connectivity index (χ0) is 19.7. The smallest absolute Gasteiger partial charge is 0.348 e. The van der Waals surface area contributed by atoms with Gasteiger partial charge in [0.25, 0.3) is 0 Å². The Morgan fingerprint density at radius 2 is 2.04 bits per heavy atom. The van der Waals surface area contributed by atoms with Crippen LogP contribution in [0.3, 0.4) is 0 Å². The number of hydrogen-bond acceptors (Lipinski definition) is 7. The number of aromatic nitrogens is 2. The first-order valence-electron chi connectivity index (χ1n) is 8.06. The van der Waals surface area contributed by atoms with Gasteiger partial charge in [-0.1, -0.05) is 35.0 Å². The fraction of sp³-hybridized carbons (Fsp3) is 0.0526. The summed E-state index contributed by atoms with van der Waals surface area (Å²) < 4.78 is 24.1. The molecule has 0 atom stereocenters. The molecule has 0 fully saturated rings. The van der Waals surface area contributed by atoms with Crippen LogP contribution in [0.1, 0.15) is 11.5 Å². The summed E-state index contributed by atoms with van der Waals surface area (Å²) in [5.41, 5.74) is -0.540. The van der Waals surface area contributed by atoms with Crippen LogP contribution < -0.4 is 5.63 Å². The lowest BCUT2D eigenvalue weighted by molar-refractivity contribution is 0.381. The van der Waals surface area contributed by atoms with E-state index in [-0.39, 0.29) is 45.7 Å². The van der Waals surface area contributed by atoms with Crippen molar-refractivity contribution >= 4 is 28.8 Å². The first-order chi connectivity index (χ1) is 13.5. The summed E-state index contributed by atoms with van der Waals surface area (Å²) in [7, 11) is 0. The van der Waals surface area contributed by atoms with Gasteiger partial charge in [-0.25, -0.2) is 9.18 Å². The summed E-state index contributed by atoms with van der Waals surface area (Å²) >= 11 is 5.98. The van der Waals surface area contributed by atoms with Crippen molar-refractivity contribution < 1.29 is 18.4 Å². The quantitative estimate of drug-likeness (QED) is 0.411. The molecule has 0 aliphatic rings. The molecule has 0 saturated heterocycles. The molecule has 0 radical (unpaired) electrons. The van der Waals surface area contributed by atoms with Gasteiger partial charge < -0.3 is 14.0 Å². The Morgan fingerprint density at radius 1 is 1.21 bits per heavy atom. The molecule has 2 aromatic carbocycles. The van der Waals surface area contributed by atoms with Crippen molar-refractivity contribution in [3.05, 3.63) is 75.2 Å². The van der Waals surface area contributed by atoms with Gasteiger partial charge in [0.15, 0.2) is 0 Å². The number of para-hydroxylation sites is 1. The van der Waals surface area contributed by atoms with Crippen LogP contribution in [-0.2, 0) is 6.54 Å². The number of fused-ring (bicyclic) bond motifs is 1. The molecule has 1 N–H and O–H groups in total. The van der Waals surface area contributed by atoms with Gasteiger partial charge in [-0.15, -0.1) is 0 Å². The van der Waals surface area contributed by atoms with Crippen LogP contribution in [0, 0.1) is 5.82 Å². The SMILES string of the molecule is O=c1oc2ccccc2c(O)c1C=NCc1nc(-c2c(F)cccc2Cl)no1. The van der Waals surface area contributed by atoms with Crippen LogP contribution >= 0.6 is 11.6 Å². The molecule has 0 aliphatic carbocycles. The maximum atomic E-state index is 13.9. The van der Waals surface area contributed by atoms with E-state index in [4.69, 9.17) is 20.5 Å². The number of nitrogens with zero attached hydrogens (tertiary/aromatic N) is 3. The minimum atomic E-state index is -0.732. The fourth-order valence-electron chi connectivity index (χ4n) is 2.61. The second-order valence-electron chi connectivity index (χ2n) is 5.73. The Bertz CT molecular complexity index is 1250. The summed E-state index contributed by atoms with van der Waals surface area (Å²) in [6.45, 7) is -0.0925. The van der Waals surface area contributed by atoms with Gasteiger partial charge >= 0.3 is 5.63 Å². The Morgan fingerprint density at radius 3 is 2.86 bits per heavy atom. The number of halogens is 2. The van der Waals surface area contributed by atoms with Crippen molar-refractivity contribution in [1.29, 1.82) is 0 Å². The molecule has 0 bridgehead atoms. The molecule has 140 valence electrons. The lowest BCUT2D eigenvalue weighted by atomic mass is 10.1. The molecule has 0 unspecified atom stereocenters. The van der Waals surface area contributed by atoms with Crippen molar-refractivity contribution in [2.24, 2.45) is 4.99 Å². The number of hydrogen-bond donors (Lipinski definition) is 1. The summed E-state index contributed by atoms with van der Waals surface area (Å²) in [6.07, 6.45) is 1.16. The van der Waals surface area contributed by atoms with Gasteiger partial charge in [0.1, 0.15) is 29.3 Å². The van der Waals surface area contributed by atoms with E-state index in [0.29, 0.717) is 5.39 Å². The van der Waals surface area contributed by atoms with Crippen molar-refractivity contribution in [1.82, 2.24) is 10.1 Å². The average Bonchev–Trinajstić information content (AvgIpc) is 3.13. The largest absolute Gasteiger partial charge is 0.506 e. The molecule has 0 saturated carbocycles. The number of aliphatic imine (C=N–C) groups is 1. The van der Waals surface area contributed by atoms with E-state index in [0.717, 1.165) is 6.21 Å². The second kappa shape index (κ2) is 7.24. The number of rotatable bonds is 4. The highest BCUT2D eigenvalue weighted by Gasteiger charge is 2.16. The van der Waals surface area contributed by atoms with E-state index in [1.165, 1.54) is 18.2 Å². The highest BCUT2D eigenvalue weighted by Crippen LogP contribution is 2.28. The van der Waals surface area contributed by atoms with Crippen molar-refractivity contribution in [2.45, 2.75) is 6.54 Å². The fourth-order valence-corrected chi connectivity index (χ4v) is 2.86. The molecule has 4 rings (SSSR count). The molecule has 2 aromatic heterocycles. The van der Waals surface area contributed by atoms with Crippen LogP contribution in [0.4, 0.5) is 4.39 Å². The van der Waals surface area contributed by atoms with Crippen molar-refractivity contribution in [2.75, 3.05) is 0 Å². The molecular weight excluding hydrogens is 389 g/mol. The number of benzene rings is 2. The minimum absolute atomic E-state index is 0.0126. The van der Waals surface area contributed by atoms with Gasteiger partial charge in [0.2, 0.25) is 11.7 Å². The maximum Gasteiger partial charge on any atom is 0.348 e. The topological polar surface area (TPSA) is 102 Å². The summed E-state index contributed by atoms with van der Waals surface area (Å²) in [5.74, 6) is -0.751. The van der Waals surface area contributed by atoms with E-state index in [1.54, 1.807) is 24.3 Å². The summed E-state index contributed by atoms with van der Waals surface area (Å²) in [5, 5.41) is 14.5. The lowest BCUT2D eigenvalue weighted by Crippen LogP contribution is -2.07. The average molecular weight is 400 g/mol. The van der Waals surface area contributed by atoms with Gasteiger partial charge in [0, 0.05) is 6.21 Å². The molecule has 0 aliphatic heterocycles. The second-order valence-corrected chi connectivity index (χ2v) is 6.13. The highest BCUT2D eigenvalue weighted by molar-refractivity contribution is 6.33. The zero-order valence-electron chi connectivity index (χ0n) is 14.1. The minimum Gasteiger partial charge on any atom is -0.506 e. The van der Waals surface area contributed by atoms with E-state index < -0.39 is 11.4 Å². The normalized spacial score (nSPS) is 11.5. The van der Waals surface area contributed by atoms with Crippen LogP contribution in [0.25, 0.3) is 22.4 Å². The molecule has 0 spiro atoms. The van der Waals surface area contributed by atoms with Gasteiger partial charge in [-0.05, 0) is 24.3 Å². The Labute approximate surface area is 161 Å². The molecule has 4 aromatic rings. The molecule has 28 heavy (non-hydrogen) atoms. The third kappa shape index (κ3) is 3.25. The lowest BCUT2D eigenvalue weighted by Gasteiger charge is -2.01. The van der Waals surface area contributed by atoms with Crippen LogP contribution in [0.15, 0.2) is 61.2 Å². The molecule has 9 heteroatoms. The van der Waals surface area contributed by atoms with E-state index in [9.17, 15) is 14.3 Å². The third-order valence-electron chi connectivity index (χ3n) is 3.92. The van der Waals surface area contributed by atoms with Crippen molar-refractivity contribution in [3.63, 3.8) is 0 Å². The van der Waals surface area contributed by atoms with Gasteiger partial charge in [-0.3, -0.25) is 4.99 Å². The van der Waals surface area contributed by atoms with Gasteiger partial charge in [-0.2, -0.15) is 4.98 Å². The van der Waals surface area contributed by atoms with E-state index in [1.807, 2.05) is 0 Å². The van der Waals surface area contributed by atoms with Crippen LogP contribution in [0.5, 0.6) is 5.75 Å². The number of aromatic hydroxyl groups is 1. The van der Waals surface area contributed by atoms with Gasteiger partial charge in [0.05, 0.1) is 16.0 Å². The van der Waals surface area contributed by atoms with Crippen LogP contribution in [-0.4, -0.2) is 21.5 Å². The summed E-state index contributed by atoms with van der Waals surface area (Å²) in [6, 6.07) is 10.8.